The first-order chi connectivity index (χ1) is 10.8. The summed E-state index contributed by atoms with van der Waals surface area (Å²) in [7, 11) is 1.87. The number of hydrogen-bond donors (Lipinski definition) is 1. The van der Waals surface area contributed by atoms with Crippen molar-refractivity contribution in [3.05, 3.63) is 0 Å². The van der Waals surface area contributed by atoms with Gasteiger partial charge in [0.1, 0.15) is 0 Å². The standard InChI is InChI=1S/C16H31N3O2S.HI/c1-17-16(18-8-12-22-2)19-9-6-14(7-10-19)21-13-15-5-3-4-11-20-15;/h14-15H,3-13H2,1-2H3,(H,17,18);1H. The second-order valence-corrected chi connectivity index (χ2v) is 6.96. The molecule has 136 valence electrons. The Balaban J connectivity index is 0.00000264. The Kier molecular flexibility index (Phi) is 11.7. The van der Waals surface area contributed by atoms with Gasteiger partial charge in [-0.1, -0.05) is 0 Å². The third-order valence-electron chi connectivity index (χ3n) is 4.33. The van der Waals surface area contributed by atoms with Crippen molar-refractivity contribution in [3.8, 4) is 0 Å². The molecule has 0 aromatic heterocycles. The summed E-state index contributed by atoms with van der Waals surface area (Å²) in [5.74, 6) is 2.14. The zero-order valence-electron chi connectivity index (χ0n) is 14.5. The minimum atomic E-state index is 0. The first kappa shape index (κ1) is 21.3. The Labute approximate surface area is 162 Å². The highest BCUT2D eigenvalue weighted by Crippen LogP contribution is 2.17. The molecule has 1 N–H and O–H groups in total. The van der Waals surface area contributed by atoms with Gasteiger partial charge in [0.15, 0.2) is 5.96 Å². The van der Waals surface area contributed by atoms with Crippen LogP contribution in [0.4, 0.5) is 0 Å². The molecule has 7 heteroatoms. The van der Waals surface area contributed by atoms with E-state index in [4.69, 9.17) is 9.47 Å². The van der Waals surface area contributed by atoms with Crippen LogP contribution >= 0.6 is 35.7 Å². The lowest BCUT2D eigenvalue weighted by Gasteiger charge is -2.35. The van der Waals surface area contributed by atoms with Crippen molar-refractivity contribution in [2.45, 2.75) is 44.3 Å². The third kappa shape index (κ3) is 7.79. The van der Waals surface area contributed by atoms with Gasteiger partial charge in [0.05, 0.1) is 18.8 Å². The van der Waals surface area contributed by atoms with Crippen LogP contribution in [0.1, 0.15) is 32.1 Å². The predicted molar refractivity (Wildman–Crippen MR) is 109 cm³/mol. The fourth-order valence-corrected chi connectivity index (χ4v) is 3.32. The molecule has 1 atom stereocenters. The molecule has 2 saturated heterocycles. The van der Waals surface area contributed by atoms with Crippen LogP contribution in [0.3, 0.4) is 0 Å². The van der Waals surface area contributed by atoms with Crippen LogP contribution in [0.2, 0.25) is 0 Å². The fourth-order valence-electron chi connectivity index (χ4n) is 3.01. The summed E-state index contributed by atoms with van der Waals surface area (Å²) in [4.78, 5) is 6.73. The second kappa shape index (κ2) is 12.6. The molecular weight excluding hydrogens is 425 g/mol. The van der Waals surface area contributed by atoms with E-state index in [9.17, 15) is 0 Å². The Morgan fingerprint density at radius 3 is 2.70 bits per heavy atom. The van der Waals surface area contributed by atoms with E-state index in [0.29, 0.717) is 12.2 Å². The maximum atomic E-state index is 6.07. The number of hydrogen-bond acceptors (Lipinski definition) is 4. The Morgan fingerprint density at radius 2 is 2.09 bits per heavy atom. The van der Waals surface area contributed by atoms with Crippen molar-refractivity contribution in [2.75, 3.05) is 51.9 Å². The van der Waals surface area contributed by atoms with Crippen molar-refractivity contribution in [1.29, 1.82) is 0 Å². The van der Waals surface area contributed by atoms with E-state index in [1.165, 1.54) is 12.8 Å². The number of thioether (sulfide) groups is 1. The molecule has 2 aliphatic rings. The normalized spacial score (nSPS) is 23.5. The molecule has 2 heterocycles. The molecule has 2 aliphatic heterocycles. The number of guanidine groups is 1. The number of ether oxygens (including phenoxy) is 2. The van der Waals surface area contributed by atoms with Crippen LogP contribution in [0.15, 0.2) is 4.99 Å². The molecule has 23 heavy (non-hydrogen) atoms. The molecule has 0 spiro atoms. The van der Waals surface area contributed by atoms with Crippen molar-refractivity contribution in [3.63, 3.8) is 0 Å². The number of nitrogens with one attached hydrogen (secondary N) is 1. The lowest BCUT2D eigenvalue weighted by Crippen LogP contribution is -2.47. The molecule has 0 aromatic carbocycles. The van der Waals surface area contributed by atoms with Gasteiger partial charge in [-0.05, 0) is 38.4 Å². The molecule has 2 fully saturated rings. The zero-order chi connectivity index (χ0) is 15.6. The van der Waals surface area contributed by atoms with E-state index in [-0.39, 0.29) is 24.0 Å². The van der Waals surface area contributed by atoms with Crippen molar-refractivity contribution >= 4 is 41.7 Å². The van der Waals surface area contributed by atoms with Gasteiger partial charge in [0.25, 0.3) is 0 Å². The quantitative estimate of drug-likeness (QED) is 0.288. The molecule has 0 aliphatic carbocycles. The number of piperidine rings is 1. The Bertz CT molecular complexity index is 333. The molecule has 0 bridgehead atoms. The number of aliphatic imine (C=N–C) groups is 1. The lowest BCUT2D eigenvalue weighted by molar-refractivity contribution is -0.0721. The zero-order valence-corrected chi connectivity index (χ0v) is 17.6. The van der Waals surface area contributed by atoms with Gasteiger partial charge in [0, 0.05) is 39.0 Å². The van der Waals surface area contributed by atoms with E-state index in [1.807, 2.05) is 18.8 Å². The monoisotopic (exact) mass is 457 g/mol. The highest BCUT2D eigenvalue weighted by atomic mass is 127. The minimum absolute atomic E-state index is 0. The first-order valence-corrected chi connectivity index (χ1v) is 9.90. The number of nitrogens with zero attached hydrogens (tertiary/aromatic N) is 2. The maximum Gasteiger partial charge on any atom is 0.193 e. The van der Waals surface area contributed by atoms with Crippen molar-refractivity contribution in [2.24, 2.45) is 4.99 Å². The van der Waals surface area contributed by atoms with Gasteiger partial charge < -0.3 is 19.7 Å². The summed E-state index contributed by atoms with van der Waals surface area (Å²) in [6.45, 7) is 4.70. The molecular formula is C16H32IN3O2S. The highest BCUT2D eigenvalue weighted by Gasteiger charge is 2.23. The SMILES string of the molecule is CN=C(NCCSC)N1CCC(OCC2CCCCO2)CC1.I. The summed E-state index contributed by atoms with van der Waals surface area (Å²) < 4.78 is 11.8. The molecule has 2 rings (SSSR count). The summed E-state index contributed by atoms with van der Waals surface area (Å²) in [6, 6.07) is 0. The van der Waals surface area contributed by atoms with Crippen LogP contribution in [0, 0.1) is 0 Å². The molecule has 5 nitrogen and oxygen atoms in total. The Morgan fingerprint density at radius 1 is 1.30 bits per heavy atom. The maximum absolute atomic E-state index is 6.07. The minimum Gasteiger partial charge on any atom is -0.376 e. The molecule has 0 saturated carbocycles. The van der Waals surface area contributed by atoms with E-state index in [2.05, 4.69) is 21.5 Å². The largest absolute Gasteiger partial charge is 0.376 e. The van der Waals surface area contributed by atoms with Gasteiger partial charge in [-0.25, -0.2) is 0 Å². The molecule has 1 unspecified atom stereocenters. The smallest absolute Gasteiger partial charge is 0.193 e. The van der Waals surface area contributed by atoms with Gasteiger partial charge in [-0.3, -0.25) is 4.99 Å². The van der Waals surface area contributed by atoms with Crippen LogP contribution in [0.25, 0.3) is 0 Å². The van der Waals surface area contributed by atoms with E-state index in [1.54, 1.807) is 0 Å². The van der Waals surface area contributed by atoms with Gasteiger partial charge in [-0.2, -0.15) is 11.8 Å². The van der Waals surface area contributed by atoms with Gasteiger partial charge in [0.2, 0.25) is 0 Å². The molecule has 0 aromatic rings. The number of rotatable bonds is 6. The second-order valence-electron chi connectivity index (χ2n) is 5.98. The number of halogens is 1. The highest BCUT2D eigenvalue weighted by molar-refractivity contribution is 14.0. The van der Waals surface area contributed by atoms with Crippen molar-refractivity contribution < 1.29 is 9.47 Å². The Hall–Kier alpha value is 0.270. The van der Waals surface area contributed by atoms with E-state index in [0.717, 1.165) is 63.8 Å². The first-order valence-electron chi connectivity index (χ1n) is 8.51. The average molecular weight is 457 g/mol. The predicted octanol–water partition coefficient (Wildman–Crippen LogP) is 2.59. The molecule has 0 radical (unpaired) electrons. The fraction of sp³-hybridized carbons (Fsp3) is 0.938. The molecule has 0 amide bonds. The van der Waals surface area contributed by atoms with Gasteiger partial charge in [-0.15, -0.1) is 24.0 Å². The van der Waals surface area contributed by atoms with Crippen molar-refractivity contribution in [1.82, 2.24) is 10.2 Å². The summed E-state index contributed by atoms with van der Waals surface area (Å²) in [6.07, 6.45) is 8.64. The lowest BCUT2D eigenvalue weighted by atomic mass is 10.1. The number of likely N-dealkylation sites (tertiary alicyclic amines) is 1. The topological polar surface area (TPSA) is 46.1 Å². The average Bonchev–Trinajstić information content (AvgIpc) is 2.59. The summed E-state index contributed by atoms with van der Waals surface area (Å²) in [5, 5.41) is 3.43. The summed E-state index contributed by atoms with van der Waals surface area (Å²) >= 11 is 1.85. The third-order valence-corrected chi connectivity index (χ3v) is 4.95. The van der Waals surface area contributed by atoms with Crippen LogP contribution in [0.5, 0.6) is 0 Å². The van der Waals surface area contributed by atoms with Crippen LogP contribution in [-0.4, -0.2) is 75.0 Å². The van der Waals surface area contributed by atoms with Gasteiger partial charge >= 0.3 is 0 Å². The van der Waals surface area contributed by atoms with E-state index >= 15 is 0 Å². The van der Waals surface area contributed by atoms with Crippen LogP contribution in [-0.2, 0) is 9.47 Å². The van der Waals surface area contributed by atoms with Crippen LogP contribution < -0.4 is 5.32 Å². The van der Waals surface area contributed by atoms with E-state index < -0.39 is 0 Å². The summed E-state index contributed by atoms with van der Waals surface area (Å²) in [5.41, 5.74) is 0.